The van der Waals surface area contributed by atoms with Gasteiger partial charge in [-0.3, -0.25) is 9.89 Å². The minimum Gasteiger partial charge on any atom is -0.326 e. The summed E-state index contributed by atoms with van der Waals surface area (Å²) in [6.07, 6.45) is 0.811. The number of aromatic nitrogens is 4. The fourth-order valence-electron chi connectivity index (χ4n) is 2.29. The highest BCUT2D eigenvalue weighted by Crippen LogP contribution is 2.28. The third-order valence-corrected chi connectivity index (χ3v) is 4.34. The third-order valence-electron chi connectivity index (χ3n) is 3.47. The number of nitrogens with zero attached hydrogens (tertiary/aromatic N) is 3. The van der Waals surface area contributed by atoms with Gasteiger partial charge in [0.05, 0.1) is 0 Å². The molecular formula is C18H20N6OS. The highest BCUT2D eigenvalue weighted by Gasteiger charge is 2.08. The molecule has 0 aliphatic rings. The molecule has 8 heteroatoms. The minimum absolute atomic E-state index is 0.0892. The number of carbonyl (C=O) groups is 1. The Morgan fingerprint density at radius 2 is 1.92 bits per heavy atom. The van der Waals surface area contributed by atoms with Crippen molar-refractivity contribution in [3.8, 4) is 0 Å². The van der Waals surface area contributed by atoms with E-state index in [9.17, 15) is 4.79 Å². The number of benzene rings is 1. The van der Waals surface area contributed by atoms with Crippen LogP contribution in [0.1, 0.15) is 25.2 Å². The van der Waals surface area contributed by atoms with Crippen LogP contribution < -0.4 is 10.6 Å². The van der Waals surface area contributed by atoms with E-state index < -0.39 is 0 Å². The molecule has 1 aromatic carbocycles. The van der Waals surface area contributed by atoms with E-state index in [1.165, 1.54) is 18.7 Å². The summed E-state index contributed by atoms with van der Waals surface area (Å²) in [6.45, 7) is 5.49. The second-order valence-corrected chi connectivity index (χ2v) is 6.79. The van der Waals surface area contributed by atoms with Crippen molar-refractivity contribution in [1.82, 2.24) is 20.2 Å². The molecule has 2 aromatic heterocycles. The Morgan fingerprint density at radius 3 is 2.54 bits per heavy atom. The van der Waals surface area contributed by atoms with Gasteiger partial charge in [0.2, 0.25) is 5.91 Å². The Hall–Kier alpha value is -2.87. The van der Waals surface area contributed by atoms with Crippen molar-refractivity contribution in [2.24, 2.45) is 0 Å². The van der Waals surface area contributed by atoms with Crippen LogP contribution in [-0.4, -0.2) is 26.1 Å². The van der Waals surface area contributed by atoms with Gasteiger partial charge in [0.1, 0.15) is 5.82 Å². The number of rotatable bonds is 6. The Morgan fingerprint density at radius 1 is 1.15 bits per heavy atom. The Labute approximate surface area is 156 Å². The molecule has 0 atom stereocenters. The fraction of sp³-hybridized carbons (Fsp3) is 0.222. The van der Waals surface area contributed by atoms with Crippen LogP contribution in [0.2, 0.25) is 0 Å². The van der Waals surface area contributed by atoms with Gasteiger partial charge in [0.15, 0.2) is 11.0 Å². The van der Waals surface area contributed by atoms with E-state index in [-0.39, 0.29) is 5.91 Å². The van der Waals surface area contributed by atoms with Crippen LogP contribution in [-0.2, 0) is 11.2 Å². The van der Waals surface area contributed by atoms with Gasteiger partial charge in [0, 0.05) is 41.0 Å². The standard InChI is InChI=1S/C18H20N6OS/c1-4-13-10-16(21-17-9-11(2)23-24-17)22-18(20-13)26-15-7-5-14(6-8-15)19-12(3)25/h5-10H,4H2,1-3H3,(H,19,25)(H2,20,21,22,23,24). The second kappa shape index (κ2) is 8.01. The van der Waals surface area contributed by atoms with Gasteiger partial charge in [-0.1, -0.05) is 6.92 Å². The third kappa shape index (κ3) is 4.82. The van der Waals surface area contributed by atoms with E-state index in [0.717, 1.165) is 34.2 Å². The lowest BCUT2D eigenvalue weighted by atomic mass is 10.3. The van der Waals surface area contributed by atoms with Crippen LogP contribution in [0.5, 0.6) is 0 Å². The van der Waals surface area contributed by atoms with Crippen molar-refractivity contribution in [3.63, 3.8) is 0 Å². The number of amides is 1. The van der Waals surface area contributed by atoms with Crippen molar-refractivity contribution < 1.29 is 4.79 Å². The maximum absolute atomic E-state index is 11.1. The summed E-state index contributed by atoms with van der Waals surface area (Å²) in [6, 6.07) is 11.4. The van der Waals surface area contributed by atoms with E-state index in [2.05, 4.69) is 37.7 Å². The lowest BCUT2D eigenvalue weighted by molar-refractivity contribution is -0.114. The van der Waals surface area contributed by atoms with E-state index >= 15 is 0 Å². The lowest BCUT2D eigenvalue weighted by Gasteiger charge is -2.08. The number of aryl methyl sites for hydroxylation is 2. The molecular weight excluding hydrogens is 348 g/mol. The number of H-pyrrole nitrogens is 1. The van der Waals surface area contributed by atoms with Crippen molar-refractivity contribution in [3.05, 3.63) is 47.8 Å². The largest absolute Gasteiger partial charge is 0.326 e. The van der Waals surface area contributed by atoms with Gasteiger partial charge < -0.3 is 10.6 Å². The van der Waals surface area contributed by atoms with Crippen molar-refractivity contribution in [1.29, 1.82) is 0 Å². The highest BCUT2D eigenvalue weighted by atomic mass is 32.2. The number of aromatic amines is 1. The zero-order valence-electron chi connectivity index (χ0n) is 14.8. The molecule has 0 bridgehead atoms. The summed E-state index contributed by atoms with van der Waals surface area (Å²) in [5.74, 6) is 1.34. The molecule has 7 nitrogen and oxygen atoms in total. The van der Waals surface area contributed by atoms with Gasteiger partial charge in [-0.15, -0.1) is 0 Å². The van der Waals surface area contributed by atoms with E-state index in [4.69, 9.17) is 0 Å². The van der Waals surface area contributed by atoms with Gasteiger partial charge in [-0.25, -0.2) is 9.97 Å². The highest BCUT2D eigenvalue weighted by molar-refractivity contribution is 7.99. The molecule has 0 saturated carbocycles. The van der Waals surface area contributed by atoms with Crippen LogP contribution in [0.3, 0.4) is 0 Å². The van der Waals surface area contributed by atoms with E-state index in [1.54, 1.807) is 0 Å². The maximum atomic E-state index is 11.1. The van der Waals surface area contributed by atoms with Gasteiger partial charge >= 0.3 is 0 Å². The number of carbonyl (C=O) groups excluding carboxylic acids is 1. The van der Waals surface area contributed by atoms with Gasteiger partial charge in [0.25, 0.3) is 0 Å². The Bertz CT molecular complexity index is 906. The normalized spacial score (nSPS) is 10.6. The SMILES string of the molecule is CCc1cc(Nc2cc(C)[nH]n2)nc(Sc2ccc(NC(C)=O)cc2)n1. The number of nitrogens with one attached hydrogen (secondary N) is 3. The molecule has 0 spiro atoms. The smallest absolute Gasteiger partial charge is 0.221 e. The average molecular weight is 368 g/mol. The van der Waals surface area contributed by atoms with Crippen LogP contribution in [0, 0.1) is 6.92 Å². The average Bonchev–Trinajstić information content (AvgIpc) is 3.00. The van der Waals surface area contributed by atoms with E-state index in [1.807, 2.05) is 43.3 Å². The topological polar surface area (TPSA) is 95.6 Å². The minimum atomic E-state index is -0.0892. The Balaban J connectivity index is 1.78. The zero-order valence-corrected chi connectivity index (χ0v) is 15.6. The summed E-state index contributed by atoms with van der Waals surface area (Å²) in [4.78, 5) is 21.2. The van der Waals surface area contributed by atoms with Crippen LogP contribution in [0.15, 0.2) is 46.5 Å². The number of hydrogen-bond donors (Lipinski definition) is 3. The summed E-state index contributed by atoms with van der Waals surface area (Å²) in [5, 5.41) is 13.7. The first-order chi connectivity index (χ1) is 12.5. The summed E-state index contributed by atoms with van der Waals surface area (Å²) < 4.78 is 0. The Kier molecular flexibility index (Phi) is 5.52. The molecule has 0 aliphatic carbocycles. The molecule has 3 rings (SSSR count). The quantitative estimate of drug-likeness (QED) is 0.571. The fourth-order valence-corrected chi connectivity index (χ4v) is 3.08. The first kappa shape index (κ1) is 17.9. The molecule has 26 heavy (non-hydrogen) atoms. The molecule has 0 fully saturated rings. The molecule has 2 heterocycles. The summed E-state index contributed by atoms with van der Waals surface area (Å²) in [5.41, 5.74) is 2.69. The van der Waals surface area contributed by atoms with Crippen LogP contribution in [0.25, 0.3) is 0 Å². The number of hydrogen-bond acceptors (Lipinski definition) is 6. The second-order valence-electron chi connectivity index (χ2n) is 5.75. The van der Waals surface area contributed by atoms with Crippen molar-refractivity contribution >= 4 is 35.0 Å². The maximum Gasteiger partial charge on any atom is 0.221 e. The van der Waals surface area contributed by atoms with Gasteiger partial charge in [-0.05, 0) is 49.4 Å². The monoisotopic (exact) mass is 368 g/mol. The predicted octanol–water partition coefficient (Wildman–Crippen LogP) is 3.92. The van der Waals surface area contributed by atoms with E-state index in [0.29, 0.717) is 11.0 Å². The van der Waals surface area contributed by atoms with Crippen molar-refractivity contribution in [2.75, 3.05) is 10.6 Å². The van der Waals surface area contributed by atoms with Crippen LogP contribution in [0.4, 0.5) is 17.3 Å². The number of anilines is 3. The molecule has 1 amide bonds. The molecule has 0 saturated heterocycles. The molecule has 0 radical (unpaired) electrons. The van der Waals surface area contributed by atoms with Crippen molar-refractivity contribution in [2.45, 2.75) is 37.2 Å². The predicted molar refractivity (Wildman–Crippen MR) is 103 cm³/mol. The molecule has 3 aromatic rings. The van der Waals surface area contributed by atoms with Crippen LogP contribution >= 0.6 is 11.8 Å². The molecule has 0 aliphatic heterocycles. The summed E-state index contributed by atoms with van der Waals surface area (Å²) >= 11 is 1.47. The molecule has 3 N–H and O–H groups in total. The van der Waals surface area contributed by atoms with Gasteiger partial charge in [-0.2, -0.15) is 5.10 Å². The zero-order chi connectivity index (χ0) is 18.5. The lowest BCUT2D eigenvalue weighted by Crippen LogP contribution is -2.05. The first-order valence-electron chi connectivity index (χ1n) is 8.24. The molecule has 0 unspecified atom stereocenters. The summed E-state index contributed by atoms with van der Waals surface area (Å²) in [7, 11) is 0. The first-order valence-corrected chi connectivity index (χ1v) is 9.06. The molecule has 134 valence electrons.